The van der Waals surface area contributed by atoms with Crippen LogP contribution >= 0.6 is 0 Å². The van der Waals surface area contributed by atoms with Gasteiger partial charge in [-0.25, -0.2) is 0 Å². The van der Waals surface area contributed by atoms with Crippen LogP contribution < -0.4 is 0 Å². The third kappa shape index (κ3) is 1.78. The maximum absolute atomic E-state index is 4.36. The van der Waals surface area contributed by atoms with Crippen molar-refractivity contribution in [3.63, 3.8) is 0 Å². The molecule has 1 nitrogen and oxygen atoms in total. The first-order valence-electron chi connectivity index (χ1n) is 6.25. The van der Waals surface area contributed by atoms with Gasteiger partial charge < -0.3 is 0 Å². The molecule has 0 bridgehead atoms. The molecule has 1 heterocycles. The molecule has 0 fully saturated rings. The molecule has 0 atom stereocenters. The lowest BCUT2D eigenvalue weighted by atomic mass is 9.90. The fraction of sp³-hybridized carbons (Fsp3) is 0.118. The minimum Gasteiger partial charge on any atom is -0.263 e. The van der Waals surface area contributed by atoms with E-state index in [-0.39, 0.29) is 0 Å². The molecule has 1 heteroatoms. The second kappa shape index (κ2) is 4.61. The molecular weight excluding hydrogens is 218 g/mol. The van der Waals surface area contributed by atoms with Crippen molar-refractivity contribution in [2.45, 2.75) is 12.8 Å². The average Bonchev–Trinajstić information content (AvgIpc) is 2.46. The Morgan fingerprint density at radius 2 is 2.00 bits per heavy atom. The maximum Gasteiger partial charge on any atom is 0.0349 e. The van der Waals surface area contributed by atoms with Crippen molar-refractivity contribution < 1.29 is 0 Å². The Morgan fingerprint density at radius 1 is 1.11 bits per heavy atom. The monoisotopic (exact) mass is 233 g/mol. The second-order valence-electron chi connectivity index (χ2n) is 4.49. The molecule has 0 aliphatic heterocycles. The van der Waals surface area contributed by atoms with Gasteiger partial charge in [-0.2, -0.15) is 0 Å². The highest BCUT2D eigenvalue weighted by atomic mass is 14.6. The van der Waals surface area contributed by atoms with Crippen LogP contribution in [0.15, 0.2) is 49.3 Å². The molecule has 2 aromatic rings. The van der Waals surface area contributed by atoms with E-state index in [1.54, 1.807) is 0 Å². The molecule has 1 aromatic heterocycles. The summed E-state index contributed by atoms with van der Waals surface area (Å²) in [7, 11) is 0. The molecule has 0 radical (unpaired) electrons. The van der Waals surface area contributed by atoms with Gasteiger partial charge in [0.25, 0.3) is 0 Å². The topological polar surface area (TPSA) is 12.9 Å². The number of hydrogen-bond acceptors (Lipinski definition) is 1. The van der Waals surface area contributed by atoms with E-state index in [0.29, 0.717) is 0 Å². The summed E-state index contributed by atoms with van der Waals surface area (Å²) in [5, 5.41) is 0. The number of hydrogen-bond donors (Lipinski definition) is 0. The zero-order valence-electron chi connectivity index (χ0n) is 10.3. The normalized spacial score (nSPS) is 13.1. The molecule has 1 aliphatic carbocycles. The van der Waals surface area contributed by atoms with E-state index < -0.39 is 0 Å². The fourth-order valence-electron chi connectivity index (χ4n) is 2.52. The summed E-state index contributed by atoms with van der Waals surface area (Å²) in [6.07, 6.45) is 12.4. The van der Waals surface area contributed by atoms with Crippen molar-refractivity contribution in [3.8, 4) is 11.1 Å². The van der Waals surface area contributed by atoms with E-state index in [9.17, 15) is 0 Å². The van der Waals surface area contributed by atoms with E-state index in [4.69, 9.17) is 0 Å². The summed E-state index contributed by atoms with van der Waals surface area (Å²) in [5.74, 6) is 0. The predicted octanol–water partition coefficient (Wildman–Crippen LogP) is 4.35. The van der Waals surface area contributed by atoms with Crippen molar-refractivity contribution in [1.82, 2.24) is 4.98 Å². The van der Waals surface area contributed by atoms with Crippen molar-refractivity contribution in [2.75, 3.05) is 0 Å². The van der Waals surface area contributed by atoms with Gasteiger partial charge >= 0.3 is 0 Å². The molecule has 88 valence electrons. The van der Waals surface area contributed by atoms with Crippen LogP contribution in [0.2, 0.25) is 0 Å². The molecule has 0 saturated carbocycles. The van der Waals surface area contributed by atoms with Crippen LogP contribution in [0.4, 0.5) is 0 Å². The van der Waals surface area contributed by atoms with Crippen molar-refractivity contribution >= 4 is 12.2 Å². The van der Waals surface area contributed by atoms with Gasteiger partial charge in [0.05, 0.1) is 0 Å². The first-order chi connectivity index (χ1) is 8.90. The van der Waals surface area contributed by atoms with Gasteiger partial charge in [-0.15, -0.1) is 0 Å². The smallest absolute Gasteiger partial charge is 0.0349 e. The molecule has 0 spiro atoms. The van der Waals surface area contributed by atoms with Crippen LogP contribution in [0.25, 0.3) is 23.3 Å². The number of allylic oxidation sites excluding steroid dienone is 1. The number of pyridine rings is 1. The largest absolute Gasteiger partial charge is 0.263 e. The summed E-state index contributed by atoms with van der Waals surface area (Å²) in [4.78, 5) is 4.36. The van der Waals surface area contributed by atoms with Gasteiger partial charge in [0.1, 0.15) is 0 Å². The quantitative estimate of drug-likeness (QED) is 0.751. The lowest BCUT2D eigenvalue weighted by Gasteiger charge is -2.16. The molecule has 0 N–H and O–H groups in total. The summed E-state index contributed by atoms with van der Waals surface area (Å²) < 4.78 is 0. The SMILES string of the molecule is C=Cc1ccccc1-c1cncc2c1CCC=C2. The first kappa shape index (κ1) is 11.0. The zero-order chi connectivity index (χ0) is 12.4. The van der Waals surface area contributed by atoms with E-state index >= 15 is 0 Å². The van der Waals surface area contributed by atoms with Gasteiger partial charge in [0, 0.05) is 18.0 Å². The van der Waals surface area contributed by atoms with Crippen LogP contribution in [-0.2, 0) is 6.42 Å². The Kier molecular flexibility index (Phi) is 2.81. The Balaban J connectivity index is 2.23. The standard InChI is InChI=1S/C17H15N/c1-2-13-7-3-5-9-15(13)17-12-18-11-14-8-4-6-10-16(14)17/h2-5,7-9,11-12H,1,6,10H2. The highest BCUT2D eigenvalue weighted by Gasteiger charge is 2.12. The minimum absolute atomic E-state index is 1.09. The number of aromatic nitrogens is 1. The molecule has 1 aliphatic rings. The number of benzene rings is 1. The van der Waals surface area contributed by atoms with E-state index in [1.807, 2.05) is 24.5 Å². The molecular formula is C17H15N. The first-order valence-corrected chi connectivity index (χ1v) is 6.25. The van der Waals surface area contributed by atoms with E-state index in [2.05, 4.69) is 41.9 Å². The predicted molar refractivity (Wildman–Crippen MR) is 77.1 cm³/mol. The number of nitrogens with zero attached hydrogens (tertiary/aromatic N) is 1. The number of rotatable bonds is 2. The van der Waals surface area contributed by atoms with Gasteiger partial charge in [0.15, 0.2) is 0 Å². The second-order valence-corrected chi connectivity index (χ2v) is 4.49. The molecule has 3 rings (SSSR count). The van der Waals surface area contributed by atoms with Crippen LogP contribution in [0.1, 0.15) is 23.1 Å². The number of fused-ring (bicyclic) bond motifs is 1. The minimum atomic E-state index is 1.09. The average molecular weight is 233 g/mol. The third-order valence-electron chi connectivity index (χ3n) is 3.42. The summed E-state index contributed by atoms with van der Waals surface area (Å²) >= 11 is 0. The Bertz CT molecular complexity index is 623. The lowest BCUT2D eigenvalue weighted by molar-refractivity contribution is 0.979. The maximum atomic E-state index is 4.36. The summed E-state index contributed by atoms with van der Waals surface area (Å²) in [6.45, 7) is 3.89. The summed E-state index contributed by atoms with van der Waals surface area (Å²) in [5.41, 5.74) is 6.29. The third-order valence-corrected chi connectivity index (χ3v) is 3.42. The van der Waals surface area contributed by atoms with E-state index in [0.717, 1.165) is 12.8 Å². The highest BCUT2D eigenvalue weighted by molar-refractivity contribution is 5.79. The van der Waals surface area contributed by atoms with E-state index in [1.165, 1.54) is 27.8 Å². The Hall–Kier alpha value is -2.15. The fourth-order valence-corrected chi connectivity index (χ4v) is 2.52. The van der Waals surface area contributed by atoms with Crippen LogP contribution in [0, 0.1) is 0 Å². The molecule has 1 aromatic carbocycles. The molecule has 0 amide bonds. The Morgan fingerprint density at radius 3 is 2.89 bits per heavy atom. The van der Waals surface area contributed by atoms with Crippen LogP contribution in [-0.4, -0.2) is 4.98 Å². The van der Waals surface area contributed by atoms with Crippen LogP contribution in [0.5, 0.6) is 0 Å². The molecule has 0 unspecified atom stereocenters. The van der Waals surface area contributed by atoms with Crippen LogP contribution in [0.3, 0.4) is 0 Å². The van der Waals surface area contributed by atoms with Gasteiger partial charge in [-0.3, -0.25) is 4.98 Å². The van der Waals surface area contributed by atoms with Gasteiger partial charge in [-0.1, -0.05) is 49.1 Å². The lowest BCUT2D eigenvalue weighted by Crippen LogP contribution is -1.99. The van der Waals surface area contributed by atoms with Gasteiger partial charge in [0.2, 0.25) is 0 Å². The van der Waals surface area contributed by atoms with Crippen molar-refractivity contribution in [2.24, 2.45) is 0 Å². The summed E-state index contributed by atoms with van der Waals surface area (Å²) in [6, 6.07) is 8.36. The van der Waals surface area contributed by atoms with Gasteiger partial charge in [-0.05, 0) is 35.1 Å². The van der Waals surface area contributed by atoms with Crippen molar-refractivity contribution in [1.29, 1.82) is 0 Å². The molecule has 0 saturated heterocycles. The van der Waals surface area contributed by atoms with Crippen molar-refractivity contribution in [3.05, 3.63) is 66.0 Å². The Labute approximate surface area is 108 Å². The molecule has 18 heavy (non-hydrogen) atoms. The highest BCUT2D eigenvalue weighted by Crippen LogP contribution is 2.32. The zero-order valence-corrected chi connectivity index (χ0v) is 10.3.